The van der Waals surface area contributed by atoms with E-state index in [9.17, 15) is 5.11 Å². The van der Waals surface area contributed by atoms with Crippen LogP contribution in [-0.2, 0) is 6.61 Å². The van der Waals surface area contributed by atoms with E-state index in [1.165, 1.54) is 0 Å². The molecule has 1 heterocycles. The number of phenols is 1. The van der Waals surface area contributed by atoms with Gasteiger partial charge >= 0.3 is 0 Å². The fourth-order valence-corrected chi connectivity index (χ4v) is 2.74. The van der Waals surface area contributed by atoms with Gasteiger partial charge in [-0.3, -0.25) is 0 Å². The second kappa shape index (κ2) is 6.24. The second-order valence-corrected chi connectivity index (χ2v) is 5.84. The number of fused-ring (bicyclic) bond motifs is 2. The third-order valence-corrected chi connectivity index (χ3v) is 3.87. The number of hydrogen-bond acceptors (Lipinski definition) is 3. The maximum Gasteiger partial charge on any atom is 0.127 e. The lowest BCUT2D eigenvalue weighted by Gasteiger charge is -2.12. The van der Waals surface area contributed by atoms with Gasteiger partial charge in [0.05, 0.1) is 0 Å². The van der Waals surface area contributed by atoms with Gasteiger partial charge in [0.1, 0.15) is 18.1 Å². The van der Waals surface area contributed by atoms with E-state index >= 15 is 0 Å². The van der Waals surface area contributed by atoms with Crippen molar-refractivity contribution < 1.29 is 9.84 Å². The van der Waals surface area contributed by atoms with Crippen LogP contribution in [0.1, 0.15) is 23.1 Å². The van der Waals surface area contributed by atoms with Gasteiger partial charge in [-0.05, 0) is 55.4 Å². The molecule has 3 heteroatoms. The van der Waals surface area contributed by atoms with Crippen molar-refractivity contribution in [2.75, 3.05) is 20.6 Å². The van der Waals surface area contributed by atoms with Crippen LogP contribution in [0, 0.1) is 0 Å². The molecular formula is C19H21NO2. The fourth-order valence-electron chi connectivity index (χ4n) is 2.74. The first kappa shape index (κ1) is 14.7. The first-order valence-corrected chi connectivity index (χ1v) is 7.54. The smallest absolute Gasteiger partial charge is 0.127 e. The van der Waals surface area contributed by atoms with Gasteiger partial charge in [0.2, 0.25) is 0 Å². The van der Waals surface area contributed by atoms with Gasteiger partial charge in [0.15, 0.2) is 0 Å². The average Bonchev–Trinajstić information content (AvgIpc) is 2.65. The van der Waals surface area contributed by atoms with Crippen molar-refractivity contribution in [1.29, 1.82) is 0 Å². The molecule has 1 aliphatic heterocycles. The van der Waals surface area contributed by atoms with Gasteiger partial charge < -0.3 is 14.7 Å². The van der Waals surface area contributed by atoms with E-state index < -0.39 is 0 Å². The number of rotatable bonds is 3. The number of para-hydroxylation sites is 1. The van der Waals surface area contributed by atoms with Gasteiger partial charge in [0.25, 0.3) is 0 Å². The average molecular weight is 295 g/mol. The highest BCUT2D eigenvalue weighted by atomic mass is 16.5. The molecule has 0 atom stereocenters. The Morgan fingerprint density at radius 1 is 1.14 bits per heavy atom. The summed E-state index contributed by atoms with van der Waals surface area (Å²) in [6.45, 7) is 1.51. The van der Waals surface area contributed by atoms with E-state index in [1.54, 1.807) is 6.07 Å². The summed E-state index contributed by atoms with van der Waals surface area (Å²) in [5.74, 6) is 1.19. The minimum Gasteiger partial charge on any atom is -0.508 e. The highest BCUT2D eigenvalue weighted by molar-refractivity contribution is 5.85. The van der Waals surface area contributed by atoms with Crippen molar-refractivity contribution in [3.63, 3.8) is 0 Å². The van der Waals surface area contributed by atoms with Gasteiger partial charge in [0, 0.05) is 12.1 Å². The molecule has 3 rings (SSSR count). The Morgan fingerprint density at radius 3 is 2.77 bits per heavy atom. The molecule has 0 bridgehead atoms. The highest BCUT2D eigenvalue weighted by Crippen LogP contribution is 2.38. The van der Waals surface area contributed by atoms with Gasteiger partial charge in [-0.1, -0.05) is 30.3 Å². The summed E-state index contributed by atoms with van der Waals surface area (Å²) in [4.78, 5) is 2.17. The molecule has 0 fully saturated rings. The maximum atomic E-state index is 9.88. The molecule has 2 aromatic carbocycles. The standard InChI is InChI=1S/C19H21NO2/c1-20(2)11-5-7-16-17-6-3-4-8-19(17)22-13-14-9-10-15(21)12-18(14)16/h3-4,6-10,12,21H,5,11,13H2,1-2H3/b16-7+. The molecular weight excluding hydrogens is 274 g/mol. The van der Waals surface area contributed by atoms with E-state index in [2.05, 4.69) is 31.1 Å². The minimum atomic E-state index is 0.289. The van der Waals surface area contributed by atoms with Crippen LogP contribution in [0.4, 0.5) is 0 Å². The zero-order valence-corrected chi connectivity index (χ0v) is 13.0. The van der Waals surface area contributed by atoms with Crippen LogP contribution in [0.25, 0.3) is 5.57 Å². The third kappa shape index (κ3) is 3.00. The van der Waals surface area contributed by atoms with Gasteiger partial charge in [-0.2, -0.15) is 0 Å². The summed E-state index contributed by atoms with van der Waals surface area (Å²) >= 11 is 0. The highest BCUT2D eigenvalue weighted by Gasteiger charge is 2.19. The van der Waals surface area contributed by atoms with Crippen LogP contribution in [0.2, 0.25) is 0 Å². The molecule has 2 aromatic rings. The first-order valence-electron chi connectivity index (χ1n) is 7.54. The summed E-state index contributed by atoms with van der Waals surface area (Å²) in [5, 5.41) is 9.88. The number of phenolic OH excluding ortho intramolecular Hbond substituents is 1. The van der Waals surface area contributed by atoms with Crippen LogP contribution in [0.15, 0.2) is 48.5 Å². The van der Waals surface area contributed by atoms with E-state index in [0.29, 0.717) is 6.61 Å². The normalized spacial score (nSPS) is 15.1. The number of hydrogen-bond donors (Lipinski definition) is 1. The maximum absolute atomic E-state index is 9.88. The number of benzene rings is 2. The van der Waals surface area contributed by atoms with Crippen molar-refractivity contribution in [2.24, 2.45) is 0 Å². The molecule has 0 unspecified atom stereocenters. The number of ether oxygens (including phenoxy) is 1. The third-order valence-electron chi connectivity index (χ3n) is 3.87. The molecule has 1 aliphatic rings. The molecule has 0 spiro atoms. The van der Waals surface area contributed by atoms with Crippen molar-refractivity contribution in [3.05, 3.63) is 65.2 Å². The van der Waals surface area contributed by atoms with Crippen molar-refractivity contribution in [3.8, 4) is 11.5 Å². The molecule has 0 radical (unpaired) electrons. The molecule has 0 aliphatic carbocycles. The van der Waals surface area contributed by atoms with E-state index in [-0.39, 0.29) is 5.75 Å². The predicted octanol–water partition coefficient (Wildman–Crippen LogP) is 3.67. The zero-order chi connectivity index (χ0) is 15.5. The topological polar surface area (TPSA) is 32.7 Å². The monoisotopic (exact) mass is 295 g/mol. The van der Waals surface area contributed by atoms with Crippen molar-refractivity contribution in [2.45, 2.75) is 13.0 Å². The van der Waals surface area contributed by atoms with Crippen LogP contribution in [-0.4, -0.2) is 30.6 Å². The van der Waals surface area contributed by atoms with E-state index in [4.69, 9.17) is 4.74 Å². The Morgan fingerprint density at radius 2 is 1.95 bits per heavy atom. The second-order valence-electron chi connectivity index (χ2n) is 5.84. The molecule has 0 aromatic heterocycles. The Bertz CT molecular complexity index is 704. The van der Waals surface area contributed by atoms with Crippen LogP contribution < -0.4 is 4.74 Å². The molecule has 1 N–H and O–H groups in total. The molecule has 114 valence electrons. The molecule has 0 saturated heterocycles. The van der Waals surface area contributed by atoms with Crippen LogP contribution in [0.3, 0.4) is 0 Å². The molecule has 3 nitrogen and oxygen atoms in total. The Labute approximate surface area is 131 Å². The Hall–Kier alpha value is -2.26. The zero-order valence-electron chi connectivity index (χ0n) is 13.0. The van der Waals surface area contributed by atoms with Gasteiger partial charge in [-0.15, -0.1) is 0 Å². The summed E-state index contributed by atoms with van der Waals surface area (Å²) in [7, 11) is 4.14. The predicted molar refractivity (Wildman–Crippen MR) is 89.1 cm³/mol. The van der Waals surface area contributed by atoms with Crippen LogP contribution in [0.5, 0.6) is 11.5 Å². The Kier molecular flexibility index (Phi) is 4.16. The number of aromatic hydroxyl groups is 1. The summed E-state index contributed by atoms with van der Waals surface area (Å²) in [6, 6.07) is 13.6. The summed E-state index contributed by atoms with van der Waals surface area (Å²) in [5.41, 5.74) is 4.39. The molecule has 0 amide bonds. The first-order chi connectivity index (χ1) is 10.6. The lowest BCUT2D eigenvalue weighted by atomic mass is 9.93. The summed E-state index contributed by atoms with van der Waals surface area (Å²) in [6.07, 6.45) is 3.19. The lowest BCUT2D eigenvalue weighted by molar-refractivity contribution is 0.307. The van der Waals surface area contributed by atoms with Crippen molar-refractivity contribution >= 4 is 5.57 Å². The quantitative estimate of drug-likeness (QED) is 0.938. The van der Waals surface area contributed by atoms with Crippen LogP contribution >= 0.6 is 0 Å². The largest absolute Gasteiger partial charge is 0.508 e. The van der Waals surface area contributed by atoms with E-state index in [1.807, 2.05) is 30.3 Å². The van der Waals surface area contributed by atoms with E-state index in [0.717, 1.165) is 41.0 Å². The van der Waals surface area contributed by atoms with Crippen molar-refractivity contribution in [1.82, 2.24) is 4.90 Å². The minimum absolute atomic E-state index is 0.289. The molecule has 0 saturated carbocycles. The fraction of sp³-hybridized carbons (Fsp3) is 0.263. The lowest BCUT2D eigenvalue weighted by Crippen LogP contribution is -2.12. The summed E-state index contributed by atoms with van der Waals surface area (Å²) < 4.78 is 5.94. The molecule has 22 heavy (non-hydrogen) atoms. The van der Waals surface area contributed by atoms with Gasteiger partial charge in [-0.25, -0.2) is 0 Å². The SMILES string of the molecule is CN(C)CC/C=C1/c2cc(O)ccc2COc2ccccc21. The number of nitrogens with zero attached hydrogens (tertiary/aromatic N) is 1. The Balaban J connectivity index is 2.10.